The molecule has 0 bridgehead atoms. The van der Waals surface area contributed by atoms with E-state index < -0.39 is 11.1 Å². The Labute approximate surface area is 180 Å². The largest absolute Gasteiger partial charge is 0.321 e. The lowest BCUT2D eigenvalue weighted by atomic mass is 10.1. The van der Waals surface area contributed by atoms with E-state index in [1.54, 1.807) is 49.1 Å². The van der Waals surface area contributed by atoms with Crippen molar-refractivity contribution in [2.24, 2.45) is 0 Å². The Bertz CT molecular complexity index is 1630. The van der Waals surface area contributed by atoms with Gasteiger partial charge >= 0.3 is 11.1 Å². The normalized spacial score (nSPS) is 11.4. The average Bonchev–Trinajstić information content (AvgIpc) is 2.86. The first-order valence-electron chi connectivity index (χ1n) is 9.92. The van der Waals surface area contributed by atoms with Gasteiger partial charge in [-0.05, 0) is 24.3 Å². The van der Waals surface area contributed by atoms with Crippen molar-refractivity contribution in [3.8, 4) is 11.4 Å². The molecule has 0 spiro atoms. The monoisotopic (exact) mass is 418 g/mol. The SMILES string of the molecule is O=c1c(=O)n(-c2ccccc2)c2c3nccnc3c3nccnc3c2n1-c1ccccc1. The minimum Gasteiger partial charge on any atom is -0.268 e. The van der Waals surface area contributed by atoms with E-state index in [4.69, 9.17) is 0 Å². The Morgan fingerprint density at radius 3 is 1.19 bits per heavy atom. The molecule has 152 valence electrons. The summed E-state index contributed by atoms with van der Waals surface area (Å²) in [6.45, 7) is 0. The first kappa shape index (κ1) is 18.1. The van der Waals surface area contributed by atoms with Crippen molar-refractivity contribution in [3.63, 3.8) is 0 Å². The summed E-state index contributed by atoms with van der Waals surface area (Å²) in [7, 11) is 0. The van der Waals surface area contributed by atoms with Crippen molar-refractivity contribution in [2.45, 2.75) is 0 Å². The predicted octanol–water partition coefficient (Wildman–Crippen LogP) is 3.03. The first-order valence-corrected chi connectivity index (χ1v) is 9.92. The van der Waals surface area contributed by atoms with Gasteiger partial charge in [0.05, 0.1) is 0 Å². The third-order valence-corrected chi connectivity index (χ3v) is 5.36. The standard InChI is InChI=1S/C24H14N6O2/c31-23-24(32)30(16-9-5-2-6-10-16)22-20-18(26-12-14-28-20)17-19(27-13-11-25-17)21(22)29(23)15-7-3-1-4-8-15/h1-14H. The second-order valence-corrected chi connectivity index (χ2v) is 7.16. The molecule has 0 unspecified atom stereocenters. The molecule has 3 heterocycles. The zero-order chi connectivity index (χ0) is 21.7. The number of rotatable bonds is 2. The zero-order valence-electron chi connectivity index (χ0n) is 16.6. The lowest BCUT2D eigenvalue weighted by Crippen LogP contribution is -2.40. The van der Waals surface area contributed by atoms with Crippen LogP contribution in [0.1, 0.15) is 0 Å². The van der Waals surface area contributed by atoms with Crippen LogP contribution < -0.4 is 11.1 Å². The van der Waals surface area contributed by atoms with Crippen molar-refractivity contribution in [1.82, 2.24) is 29.1 Å². The number of nitrogens with zero attached hydrogens (tertiary/aromatic N) is 6. The fraction of sp³-hybridized carbons (Fsp3) is 0. The molecule has 0 amide bonds. The van der Waals surface area contributed by atoms with E-state index in [-0.39, 0.29) is 0 Å². The number of fused-ring (bicyclic) bond motifs is 6. The van der Waals surface area contributed by atoms with Crippen LogP contribution in [0.3, 0.4) is 0 Å². The summed E-state index contributed by atoms with van der Waals surface area (Å²) in [4.78, 5) is 45.1. The van der Waals surface area contributed by atoms with E-state index in [0.29, 0.717) is 44.5 Å². The molecule has 6 rings (SSSR count). The molecule has 0 N–H and O–H groups in total. The van der Waals surface area contributed by atoms with Crippen LogP contribution in [0, 0.1) is 0 Å². The second-order valence-electron chi connectivity index (χ2n) is 7.16. The predicted molar refractivity (Wildman–Crippen MR) is 121 cm³/mol. The van der Waals surface area contributed by atoms with Gasteiger partial charge in [-0.15, -0.1) is 0 Å². The van der Waals surface area contributed by atoms with Crippen LogP contribution in [-0.2, 0) is 0 Å². The van der Waals surface area contributed by atoms with Crippen molar-refractivity contribution < 1.29 is 0 Å². The van der Waals surface area contributed by atoms with Gasteiger partial charge in [0.1, 0.15) is 33.1 Å². The van der Waals surface area contributed by atoms with E-state index in [1.165, 1.54) is 9.13 Å². The van der Waals surface area contributed by atoms with Crippen LogP contribution >= 0.6 is 0 Å². The van der Waals surface area contributed by atoms with E-state index >= 15 is 0 Å². The first-order chi connectivity index (χ1) is 15.8. The Morgan fingerprint density at radius 2 is 0.812 bits per heavy atom. The maximum absolute atomic E-state index is 13.5. The van der Waals surface area contributed by atoms with Gasteiger partial charge in [-0.3, -0.25) is 38.7 Å². The number of hydrogen-bond acceptors (Lipinski definition) is 6. The van der Waals surface area contributed by atoms with E-state index in [1.807, 2.05) is 36.4 Å². The molecule has 3 aromatic carbocycles. The van der Waals surface area contributed by atoms with Gasteiger partial charge in [0.15, 0.2) is 0 Å². The van der Waals surface area contributed by atoms with E-state index in [0.717, 1.165) is 0 Å². The molecule has 8 nitrogen and oxygen atoms in total. The molecule has 8 heteroatoms. The summed E-state index contributed by atoms with van der Waals surface area (Å²) in [5.41, 5.74) is 2.54. The molecular weight excluding hydrogens is 404 g/mol. The van der Waals surface area contributed by atoms with Crippen LogP contribution in [0.2, 0.25) is 0 Å². The topological polar surface area (TPSA) is 95.6 Å². The van der Waals surface area contributed by atoms with Gasteiger partial charge in [0.2, 0.25) is 0 Å². The maximum atomic E-state index is 13.5. The highest BCUT2D eigenvalue weighted by atomic mass is 16.2. The Morgan fingerprint density at radius 1 is 0.469 bits per heavy atom. The molecule has 0 saturated carbocycles. The molecule has 0 saturated heterocycles. The fourth-order valence-electron chi connectivity index (χ4n) is 4.06. The highest BCUT2D eigenvalue weighted by molar-refractivity contribution is 6.18. The highest BCUT2D eigenvalue weighted by Gasteiger charge is 2.23. The molecule has 0 fully saturated rings. The summed E-state index contributed by atoms with van der Waals surface area (Å²) in [5.74, 6) is 0. The number of benzene rings is 3. The third kappa shape index (κ3) is 2.50. The Kier molecular flexibility index (Phi) is 3.91. The molecule has 0 atom stereocenters. The van der Waals surface area contributed by atoms with Crippen LogP contribution in [0.4, 0.5) is 0 Å². The number of hydrogen-bond donors (Lipinski definition) is 0. The van der Waals surface area contributed by atoms with Gasteiger partial charge in [-0.1, -0.05) is 36.4 Å². The molecule has 0 aliphatic rings. The van der Waals surface area contributed by atoms with Crippen molar-refractivity contribution in [3.05, 3.63) is 106 Å². The van der Waals surface area contributed by atoms with E-state index in [9.17, 15) is 9.59 Å². The molecule has 6 aromatic rings. The fourth-order valence-corrected chi connectivity index (χ4v) is 4.06. The van der Waals surface area contributed by atoms with Crippen molar-refractivity contribution >= 4 is 33.1 Å². The summed E-state index contributed by atoms with van der Waals surface area (Å²) < 4.78 is 2.78. The van der Waals surface area contributed by atoms with Crippen molar-refractivity contribution in [2.75, 3.05) is 0 Å². The summed E-state index contributed by atoms with van der Waals surface area (Å²) in [5, 5.41) is 0. The quantitative estimate of drug-likeness (QED) is 0.317. The molecule has 0 aliphatic heterocycles. The zero-order valence-corrected chi connectivity index (χ0v) is 16.6. The number of aromatic nitrogens is 6. The summed E-state index contributed by atoms with van der Waals surface area (Å²) in [6, 6.07) is 18.0. The van der Waals surface area contributed by atoms with Crippen LogP contribution in [0.5, 0.6) is 0 Å². The Balaban J connectivity index is 2.01. The van der Waals surface area contributed by atoms with Crippen LogP contribution in [-0.4, -0.2) is 29.1 Å². The summed E-state index contributed by atoms with van der Waals surface area (Å²) in [6.07, 6.45) is 6.25. The van der Waals surface area contributed by atoms with Gasteiger partial charge < -0.3 is 0 Å². The molecular formula is C24H14N6O2. The average molecular weight is 418 g/mol. The molecule has 3 aromatic heterocycles. The van der Waals surface area contributed by atoms with Gasteiger partial charge in [0.25, 0.3) is 0 Å². The number of para-hydroxylation sites is 2. The highest BCUT2D eigenvalue weighted by Crippen LogP contribution is 2.31. The van der Waals surface area contributed by atoms with Crippen molar-refractivity contribution in [1.29, 1.82) is 0 Å². The van der Waals surface area contributed by atoms with Crippen LogP contribution in [0.25, 0.3) is 44.5 Å². The lowest BCUT2D eigenvalue weighted by Gasteiger charge is -2.17. The third-order valence-electron chi connectivity index (χ3n) is 5.36. The second kappa shape index (κ2) is 6.92. The lowest BCUT2D eigenvalue weighted by molar-refractivity contribution is 0.921. The smallest absolute Gasteiger partial charge is 0.268 e. The minimum absolute atomic E-state index is 0.445. The maximum Gasteiger partial charge on any atom is 0.321 e. The van der Waals surface area contributed by atoms with E-state index in [2.05, 4.69) is 19.9 Å². The minimum atomic E-state index is -0.692. The van der Waals surface area contributed by atoms with Gasteiger partial charge in [0, 0.05) is 36.2 Å². The Hall–Kier alpha value is -4.72. The van der Waals surface area contributed by atoms with Gasteiger partial charge in [-0.2, -0.15) is 0 Å². The summed E-state index contributed by atoms with van der Waals surface area (Å²) >= 11 is 0. The molecule has 0 radical (unpaired) electrons. The molecule has 32 heavy (non-hydrogen) atoms. The van der Waals surface area contributed by atoms with Gasteiger partial charge in [-0.25, -0.2) is 0 Å². The molecule has 0 aliphatic carbocycles. The van der Waals surface area contributed by atoms with Crippen LogP contribution in [0.15, 0.2) is 95.0 Å².